The van der Waals surface area contributed by atoms with E-state index in [0.29, 0.717) is 24.6 Å². The van der Waals surface area contributed by atoms with Crippen LogP contribution in [-0.4, -0.2) is 110 Å². The van der Waals surface area contributed by atoms with E-state index in [1.807, 2.05) is 62.4 Å². The Balaban J connectivity index is 0.00000352. The average Bonchev–Trinajstić information content (AvgIpc) is 3.99. The monoisotopic (exact) mass is 948 g/mol. The molecule has 1 aliphatic heterocycles. The number of likely N-dealkylation sites (N-methyl/N-ethyl adjacent to an activating group) is 2. The van der Waals surface area contributed by atoms with E-state index < -0.39 is 5.91 Å². The van der Waals surface area contributed by atoms with Crippen LogP contribution in [0.4, 0.5) is 11.6 Å². The molecular formula is C42H56Cl4N12O5. The Morgan fingerprint density at radius 1 is 0.794 bits per heavy atom. The second-order valence-corrected chi connectivity index (χ2v) is 15.2. The molecule has 3 amide bonds. The predicted molar refractivity (Wildman–Crippen MR) is 243 cm³/mol. The maximum atomic E-state index is 13.4. The molecule has 1 aliphatic rings. The molecule has 0 saturated carbocycles. The summed E-state index contributed by atoms with van der Waals surface area (Å²) >= 11 is 6.09. The van der Waals surface area contributed by atoms with Crippen molar-refractivity contribution >= 4 is 65.8 Å². The number of imidazole rings is 2. The van der Waals surface area contributed by atoms with Crippen LogP contribution < -0.4 is 48.7 Å². The number of nitrogens with one attached hydrogen (secondary N) is 1. The summed E-state index contributed by atoms with van der Waals surface area (Å²) in [4.78, 5) is 55.1. The maximum absolute atomic E-state index is 13.4. The summed E-state index contributed by atoms with van der Waals surface area (Å²) < 4.78 is 15.8. The molecule has 1 fully saturated rings. The molecule has 4 heterocycles. The number of aromatic nitrogens is 6. The number of nitrogens with zero attached hydrogens (tertiary/aromatic N) is 9. The van der Waals surface area contributed by atoms with Crippen molar-refractivity contribution in [3.05, 3.63) is 108 Å². The van der Waals surface area contributed by atoms with Gasteiger partial charge in [-0.15, -0.1) is 24.8 Å². The highest BCUT2D eigenvalue weighted by Crippen LogP contribution is 2.25. The molecule has 0 bridgehead atoms. The van der Waals surface area contributed by atoms with Crippen molar-refractivity contribution in [1.29, 1.82) is 0 Å². The van der Waals surface area contributed by atoms with Gasteiger partial charge in [0.15, 0.2) is 35.7 Å². The van der Waals surface area contributed by atoms with Gasteiger partial charge in [0, 0.05) is 50.7 Å². The van der Waals surface area contributed by atoms with E-state index in [9.17, 15) is 14.4 Å². The molecule has 2 aromatic carbocycles. The number of amides is 3. The van der Waals surface area contributed by atoms with Crippen molar-refractivity contribution in [3.63, 3.8) is 0 Å². The first-order valence-electron chi connectivity index (χ1n) is 20.3. The van der Waals surface area contributed by atoms with Gasteiger partial charge < -0.3 is 43.1 Å². The minimum Gasteiger partial charge on any atom is -1.00 e. The molecule has 6 rings (SSSR count). The largest absolute Gasteiger partial charge is 1.00 e. The molecule has 0 spiro atoms. The lowest BCUT2D eigenvalue weighted by Crippen LogP contribution is -3.00. The fraction of sp³-hybridized carbons (Fsp3) is 0.405. The minimum atomic E-state index is -0.423. The summed E-state index contributed by atoms with van der Waals surface area (Å²) in [5.74, 6) is 0.407. The summed E-state index contributed by atoms with van der Waals surface area (Å²) in [5.41, 5.74) is 14.1. The number of benzene rings is 2. The molecule has 3 aromatic heterocycles. The molecule has 0 radical (unpaired) electrons. The summed E-state index contributed by atoms with van der Waals surface area (Å²) in [7, 11) is 0. The highest BCUT2D eigenvalue weighted by atomic mass is 35.5. The lowest BCUT2D eigenvalue weighted by molar-refractivity contribution is -0.933. The molecular weight excluding hydrogens is 894 g/mol. The summed E-state index contributed by atoms with van der Waals surface area (Å²) in [6.07, 6.45) is 15.2. The van der Waals surface area contributed by atoms with Crippen LogP contribution in [0.5, 0.6) is 11.5 Å². The Bertz CT molecular complexity index is 2060. The smallest absolute Gasteiger partial charge is 0.279 e. The van der Waals surface area contributed by atoms with E-state index in [1.54, 1.807) is 56.8 Å². The van der Waals surface area contributed by atoms with Gasteiger partial charge in [-0.1, -0.05) is 35.9 Å². The quantitative estimate of drug-likeness (QED) is 0.0959. The molecule has 1 atom stereocenters. The first-order valence-corrected chi connectivity index (χ1v) is 20.7. The van der Waals surface area contributed by atoms with E-state index in [-0.39, 0.29) is 90.8 Å². The third-order valence-corrected chi connectivity index (χ3v) is 11.0. The van der Waals surface area contributed by atoms with Gasteiger partial charge >= 0.3 is 0 Å². The first kappa shape index (κ1) is 52.0. The molecule has 1 unspecified atom stereocenters. The average molecular weight is 951 g/mol. The summed E-state index contributed by atoms with van der Waals surface area (Å²) in [6.45, 7) is 8.20. The molecule has 5 aromatic rings. The number of carbonyl (C=O) groups excluding carboxylic acids is 3. The number of quaternary nitrogens is 1. The normalized spacial score (nSPS) is 13.9. The van der Waals surface area contributed by atoms with Gasteiger partial charge in [-0.2, -0.15) is 0 Å². The zero-order valence-electron chi connectivity index (χ0n) is 35.4. The molecule has 17 nitrogen and oxygen atoms in total. The van der Waals surface area contributed by atoms with Gasteiger partial charge in [-0.3, -0.25) is 14.4 Å². The van der Waals surface area contributed by atoms with Crippen molar-refractivity contribution in [2.45, 2.75) is 58.4 Å². The SMILES string of the molecule is CCN(C(=O)COc1ccc(CCC[N+]2(CCCc3ccc(OCC(=O)N(CC)n4ccnc4)cc3)CCCC(NC(=O)c3nc(Cl)c(N)nc3N)C2)cc1)n1ccnc1.Cl.Cl.[Cl-]. The minimum absolute atomic E-state index is 0. The molecule has 342 valence electrons. The van der Waals surface area contributed by atoms with Crippen molar-refractivity contribution in [3.8, 4) is 11.5 Å². The van der Waals surface area contributed by atoms with Gasteiger partial charge in [0.1, 0.15) is 24.2 Å². The number of halogens is 4. The maximum Gasteiger partial charge on any atom is 0.279 e. The lowest BCUT2D eigenvalue weighted by atomic mass is 9.99. The number of nitrogens with two attached hydrogens (primary N) is 2. The zero-order chi connectivity index (χ0) is 42.5. The van der Waals surface area contributed by atoms with Crippen molar-refractivity contribution in [2.24, 2.45) is 0 Å². The number of piperidine rings is 1. The number of anilines is 2. The summed E-state index contributed by atoms with van der Waals surface area (Å²) in [5, 5.41) is 6.22. The van der Waals surface area contributed by atoms with Crippen LogP contribution in [-0.2, 0) is 22.4 Å². The zero-order valence-corrected chi connectivity index (χ0v) is 38.5. The van der Waals surface area contributed by atoms with Crippen LogP contribution in [0.15, 0.2) is 86.0 Å². The van der Waals surface area contributed by atoms with Crippen molar-refractivity contribution < 1.29 is 40.7 Å². The van der Waals surface area contributed by atoms with Crippen LogP contribution in [0, 0.1) is 0 Å². The Kier molecular flexibility index (Phi) is 20.7. The van der Waals surface area contributed by atoms with Crippen LogP contribution in [0.2, 0.25) is 5.15 Å². The van der Waals surface area contributed by atoms with Gasteiger partial charge in [-0.05, 0) is 74.9 Å². The van der Waals surface area contributed by atoms with Crippen LogP contribution in [0.3, 0.4) is 0 Å². The standard InChI is InChI=1S/C42H53ClN12O5.3ClH/c1-3-53(51-21-19-46-29-51)36(56)27-59-34-15-11-31(12-16-34)8-5-23-55(25-7-10-33(26-55)48-42(58)38-40(44)50-41(45)39(43)49-38)24-6-9-32-13-17-35(18-14-32)60-28-37(57)54(4-2)52-22-20-47-30-52;;;/h11-22,29-30,33H,3-10,23-28H2,1-2H3,(H4-,44,45,48,50,58);3*1H. The predicted octanol–water partition coefficient (Wildman–Crippen LogP) is 1.64. The molecule has 21 heteroatoms. The van der Waals surface area contributed by atoms with Gasteiger partial charge in [0.2, 0.25) is 0 Å². The summed E-state index contributed by atoms with van der Waals surface area (Å²) in [6, 6.07) is 15.7. The Labute approximate surface area is 391 Å². The number of likely N-dealkylation sites (tertiary alicyclic amines) is 1. The van der Waals surface area contributed by atoms with Crippen LogP contribution >= 0.6 is 36.4 Å². The molecule has 5 N–H and O–H groups in total. The highest BCUT2D eigenvalue weighted by molar-refractivity contribution is 6.31. The second kappa shape index (κ2) is 25.1. The van der Waals surface area contributed by atoms with Gasteiger partial charge in [-0.25, -0.2) is 39.3 Å². The number of hydrogen-bond acceptors (Lipinski definition) is 11. The van der Waals surface area contributed by atoms with Gasteiger partial charge in [0.25, 0.3) is 17.7 Å². The highest BCUT2D eigenvalue weighted by Gasteiger charge is 2.36. The van der Waals surface area contributed by atoms with Crippen LogP contribution in [0.25, 0.3) is 0 Å². The van der Waals surface area contributed by atoms with E-state index in [0.717, 1.165) is 69.2 Å². The number of carbonyl (C=O) groups is 3. The van der Waals surface area contributed by atoms with Crippen molar-refractivity contribution in [2.75, 3.05) is 74.0 Å². The third kappa shape index (κ3) is 14.3. The van der Waals surface area contributed by atoms with E-state index in [1.165, 1.54) is 11.1 Å². The molecule has 63 heavy (non-hydrogen) atoms. The number of ether oxygens (including phenoxy) is 2. The third-order valence-electron chi connectivity index (χ3n) is 10.7. The van der Waals surface area contributed by atoms with Crippen LogP contribution in [0.1, 0.15) is 61.1 Å². The number of hydrogen-bond donors (Lipinski definition) is 3. The topological polar surface area (TPSA) is 202 Å². The van der Waals surface area contributed by atoms with Crippen molar-refractivity contribution in [1.82, 2.24) is 34.6 Å². The van der Waals surface area contributed by atoms with E-state index in [2.05, 4.69) is 25.3 Å². The molecule has 1 saturated heterocycles. The lowest BCUT2D eigenvalue weighted by Gasteiger charge is -2.45. The van der Waals surface area contributed by atoms with E-state index >= 15 is 0 Å². The Hall–Kier alpha value is -5.33. The molecule has 0 aliphatic carbocycles. The second-order valence-electron chi connectivity index (χ2n) is 14.8. The fourth-order valence-corrected chi connectivity index (χ4v) is 7.86. The Morgan fingerprint density at radius 3 is 1.73 bits per heavy atom. The number of nitrogen functional groups attached to an aromatic ring is 2. The number of rotatable bonds is 20. The fourth-order valence-electron chi connectivity index (χ4n) is 7.73. The first-order chi connectivity index (χ1) is 29.1. The number of aryl methyl sites for hydroxylation is 2. The van der Waals surface area contributed by atoms with Gasteiger partial charge in [0.05, 0.1) is 32.2 Å². The Morgan fingerprint density at radius 2 is 1.29 bits per heavy atom. The van der Waals surface area contributed by atoms with E-state index in [4.69, 9.17) is 32.5 Å².